The molecule has 3 N–H and O–H groups in total. The number of primary amides is 1. The SMILES string of the molecule is NC(=O)C1CCCC1C(=O)N(O)c1ccc(OCc2ccncc2)cc1. The van der Waals surface area contributed by atoms with Crippen LogP contribution in [0.4, 0.5) is 5.69 Å². The number of carbonyl (C=O) groups excluding carboxylic acids is 2. The Morgan fingerprint density at radius 2 is 1.77 bits per heavy atom. The molecule has 1 heterocycles. The number of benzene rings is 1. The van der Waals surface area contributed by atoms with Gasteiger partial charge in [0.2, 0.25) is 5.91 Å². The highest BCUT2D eigenvalue weighted by atomic mass is 16.5. The van der Waals surface area contributed by atoms with Gasteiger partial charge in [-0.3, -0.25) is 19.8 Å². The molecule has 2 aromatic rings. The summed E-state index contributed by atoms with van der Waals surface area (Å²) in [5.74, 6) is -1.46. The fourth-order valence-electron chi connectivity index (χ4n) is 3.21. The number of nitrogens with zero attached hydrogens (tertiary/aromatic N) is 2. The van der Waals surface area contributed by atoms with Gasteiger partial charge < -0.3 is 10.5 Å². The van der Waals surface area contributed by atoms with Gasteiger partial charge in [-0.1, -0.05) is 6.42 Å². The minimum atomic E-state index is -0.569. The lowest BCUT2D eigenvalue weighted by molar-refractivity contribution is -0.133. The standard InChI is InChI=1S/C19H21N3O4/c20-18(23)16-2-1-3-17(16)19(24)22(25)14-4-6-15(7-5-14)26-12-13-8-10-21-11-9-13/h4-11,16-17,25H,1-3,12H2,(H2,20,23). The molecule has 1 fully saturated rings. The third-order valence-corrected chi connectivity index (χ3v) is 4.64. The van der Waals surface area contributed by atoms with Gasteiger partial charge >= 0.3 is 0 Å². The second kappa shape index (κ2) is 7.97. The van der Waals surface area contributed by atoms with Crippen LogP contribution in [-0.4, -0.2) is 22.0 Å². The highest BCUT2D eigenvalue weighted by molar-refractivity contribution is 5.96. The van der Waals surface area contributed by atoms with Gasteiger partial charge in [0, 0.05) is 18.3 Å². The quantitative estimate of drug-likeness (QED) is 0.611. The smallest absolute Gasteiger partial charge is 0.254 e. The van der Waals surface area contributed by atoms with Crippen molar-refractivity contribution >= 4 is 17.5 Å². The molecule has 1 aliphatic carbocycles. The molecule has 26 heavy (non-hydrogen) atoms. The first-order chi connectivity index (χ1) is 12.6. The lowest BCUT2D eigenvalue weighted by Crippen LogP contribution is -2.39. The average molecular weight is 355 g/mol. The molecule has 2 atom stereocenters. The van der Waals surface area contributed by atoms with E-state index < -0.39 is 23.7 Å². The van der Waals surface area contributed by atoms with E-state index in [9.17, 15) is 14.8 Å². The van der Waals surface area contributed by atoms with E-state index in [1.807, 2.05) is 12.1 Å². The molecule has 0 bridgehead atoms. The summed E-state index contributed by atoms with van der Waals surface area (Å²) in [6, 6.07) is 10.3. The number of hydroxylamine groups is 1. The van der Waals surface area contributed by atoms with Gasteiger partial charge in [0.15, 0.2) is 0 Å². The molecule has 0 spiro atoms. The van der Waals surface area contributed by atoms with Crippen LogP contribution in [0.2, 0.25) is 0 Å². The molecule has 1 saturated carbocycles. The molecule has 2 amide bonds. The predicted octanol–water partition coefficient (Wildman–Crippen LogP) is 2.28. The number of ether oxygens (including phenoxy) is 1. The van der Waals surface area contributed by atoms with Gasteiger partial charge in [-0.2, -0.15) is 5.06 Å². The van der Waals surface area contributed by atoms with Crippen molar-refractivity contribution < 1.29 is 19.5 Å². The minimum Gasteiger partial charge on any atom is -0.489 e. The molecular formula is C19H21N3O4. The van der Waals surface area contributed by atoms with Gasteiger partial charge in [-0.05, 0) is 54.8 Å². The lowest BCUT2D eigenvalue weighted by atomic mass is 9.94. The maximum atomic E-state index is 12.5. The summed E-state index contributed by atoms with van der Waals surface area (Å²) < 4.78 is 5.66. The van der Waals surface area contributed by atoms with Crippen molar-refractivity contribution in [1.82, 2.24) is 4.98 Å². The molecule has 1 aromatic carbocycles. The Morgan fingerprint density at radius 1 is 1.12 bits per heavy atom. The van der Waals surface area contributed by atoms with Crippen molar-refractivity contribution in [2.45, 2.75) is 25.9 Å². The largest absolute Gasteiger partial charge is 0.489 e. The Bertz CT molecular complexity index is 764. The first-order valence-corrected chi connectivity index (χ1v) is 8.50. The van der Waals surface area contributed by atoms with Crippen LogP contribution < -0.4 is 15.5 Å². The summed E-state index contributed by atoms with van der Waals surface area (Å²) in [5.41, 5.74) is 6.66. The summed E-state index contributed by atoms with van der Waals surface area (Å²) in [6.45, 7) is 0.395. The third-order valence-electron chi connectivity index (χ3n) is 4.64. The second-order valence-electron chi connectivity index (χ2n) is 6.33. The molecule has 1 aliphatic rings. The van der Waals surface area contributed by atoms with Crippen molar-refractivity contribution in [2.75, 3.05) is 5.06 Å². The van der Waals surface area contributed by atoms with Crippen LogP contribution in [0.5, 0.6) is 5.75 Å². The molecular weight excluding hydrogens is 334 g/mol. The number of amides is 2. The van der Waals surface area contributed by atoms with E-state index >= 15 is 0 Å². The molecule has 2 unspecified atom stereocenters. The summed E-state index contributed by atoms with van der Waals surface area (Å²) >= 11 is 0. The average Bonchev–Trinajstić information content (AvgIpc) is 3.16. The fraction of sp³-hybridized carbons (Fsp3) is 0.316. The maximum absolute atomic E-state index is 12.5. The normalized spacial score (nSPS) is 19.1. The minimum absolute atomic E-state index is 0.321. The number of hydrogen-bond donors (Lipinski definition) is 2. The van der Waals surface area contributed by atoms with Gasteiger partial charge in [-0.15, -0.1) is 0 Å². The Kier molecular flexibility index (Phi) is 5.48. The Morgan fingerprint density at radius 3 is 2.42 bits per heavy atom. The first-order valence-electron chi connectivity index (χ1n) is 8.50. The zero-order valence-electron chi connectivity index (χ0n) is 14.2. The number of nitrogens with two attached hydrogens (primary N) is 1. The third kappa shape index (κ3) is 4.00. The topological polar surface area (TPSA) is 106 Å². The van der Waals surface area contributed by atoms with E-state index in [2.05, 4.69) is 4.98 Å². The van der Waals surface area contributed by atoms with E-state index in [1.54, 1.807) is 36.7 Å². The number of aromatic nitrogens is 1. The van der Waals surface area contributed by atoms with E-state index in [0.717, 1.165) is 12.0 Å². The summed E-state index contributed by atoms with van der Waals surface area (Å²) in [5, 5.41) is 10.8. The van der Waals surface area contributed by atoms with Crippen molar-refractivity contribution in [3.63, 3.8) is 0 Å². The van der Waals surface area contributed by atoms with Crippen molar-refractivity contribution in [2.24, 2.45) is 17.6 Å². The van der Waals surface area contributed by atoms with Gasteiger partial charge in [-0.25, -0.2) is 0 Å². The van der Waals surface area contributed by atoms with Gasteiger partial charge in [0.1, 0.15) is 12.4 Å². The highest BCUT2D eigenvalue weighted by Crippen LogP contribution is 2.34. The van der Waals surface area contributed by atoms with Gasteiger partial charge in [0.05, 0.1) is 11.6 Å². The number of rotatable bonds is 6. The van der Waals surface area contributed by atoms with Crippen molar-refractivity contribution in [1.29, 1.82) is 0 Å². The fourth-order valence-corrected chi connectivity index (χ4v) is 3.21. The molecule has 1 aromatic heterocycles. The van der Waals surface area contributed by atoms with E-state index in [1.165, 1.54) is 0 Å². The van der Waals surface area contributed by atoms with E-state index in [-0.39, 0.29) is 0 Å². The molecule has 7 heteroatoms. The number of pyridine rings is 1. The van der Waals surface area contributed by atoms with Crippen LogP contribution in [0.15, 0.2) is 48.8 Å². The monoisotopic (exact) mass is 355 g/mol. The number of hydrogen-bond acceptors (Lipinski definition) is 5. The Labute approximate surface area is 151 Å². The Hall–Kier alpha value is -2.93. The molecule has 3 rings (SSSR count). The van der Waals surface area contributed by atoms with Crippen LogP contribution in [0.1, 0.15) is 24.8 Å². The van der Waals surface area contributed by atoms with E-state index in [0.29, 0.717) is 35.9 Å². The van der Waals surface area contributed by atoms with Crippen LogP contribution in [0.25, 0.3) is 0 Å². The number of carbonyl (C=O) groups is 2. The summed E-state index contributed by atoms with van der Waals surface area (Å²) in [6.07, 6.45) is 5.27. The van der Waals surface area contributed by atoms with Crippen LogP contribution in [0, 0.1) is 11.8 Å². The molecule has 0 radical (unpaired) electrons. The van der Waals surface area contributed by atoms with Crippen molar-refractivity contribution in [3.05, 3.63) is 54.4 Å². The van der Waals surface area contributed by atoms with Crippen molar-refractivity contribution in [3.8, 4) is 5.75 Å². The molecule has 0 aliphatic heterocycles. The zero-order chi connectivity index (χ0) is 18.5. The predicted molar refractivity (Wildman–Crippen MR) is 94.3 cm³/mol. The van der Waals surface area contributed by atoms with Crippen LogP contribution in [0.3, 0.4) is 0 Å². The van der Waals surface area contributed by atoms with E-state index in [4.69, 9.17) is 10.5 Å². The zero-order valence-corrected chi connectivity index (χ0v) is 14.2. The second-order valence-corrected chi connectivity index (χ2v) is 6.33. The summed E-state index contributed by atoms with van der Waals surface area (Å²) in [7, 11) is 0. The molecule has 7 nitrogen and oxygen atoms in total. The lowest BCUT2D eigenvalue weighted by Gasteiger charge is -2.22. The molecule has 136 valence electrons. The summed E-state index contributed by atoms with van der Waals surface area (Å²) in [4.78, 5) is 27.9. The molecule has 0 saturated heterocycles. The Balaban J connectivity index is 1.62. The highest BCUT2D eigenvalue weighted by Gasteiger charge is 2.39. The van der Waals surface area contributed by atoms with Gasteiger partial charge in [0.25, 0.3) is 5.91 Å². The van der Waals surface area contributed by atoms with Crippen LogP contribution >= 0.6 is 0 Å². The number of anilines is 1. The first kappa shape index (κ1) is 17.9. The van der Waals surface area contributed by atoms with Crippen LogP contribution in [-0.2, 0) is 16.2 Å². The maximum Gasteiger partial charge on any atom is 0.254 e.